The van der Waals surface area contributed by atoms with Gasteiger partial charge in [0.15, 0.2) is 0 Å². The molecular weight excluding hydrogens is 324 g/mol. The monoisotopic (exact) mass is 346 g/mol. The van der Waals surface area contributed by atoms with E-state index in [2.05, 4.69) is 30.8 Å². The Bertz CT molecular complexity index is 835. The second-order valence-electron chi connectivity index (χ2n) is 6.70. The van der Waals surface area contributed by atoms with Gasteiger partial charge in [-0.1, -0.05) is 45.0 Å². The van der Waals surface area contributed by atoms with Crippen LogP contribution in [0.5, 0.6) is 0 Å². The Hall–Kier alpha value is -2.34. The summed E-state index contributed by atoms with van der Waals surface area (Å²) in [5.74, 6) is -0.293. The Labute approximate surface area is 143 Å². The summed E-state index contributed by atoms with van der Waals surface area (Å²) in [6.07, 6.45) is 1.07. The van der Waals surface area contributed by atoms with E-state index in [-0.39, 0.29) is 11.3 Å². The smallest absolute Gasteiger partial charge is 0.255 e. The molecule has 0 saturated heterocycles. The van der Waals surface area contributed by atoms with Gasteiger partial charge in [-0.2, -0.15) is 0 Å². The molecule has 2 rings (SSSR count). The standard InChI is InChI=1S/C18H22N2O3S/c1-18(2,3)14-11-9-13(10-12-14)17(21)19-15-7-5-6-8-16(15)20-24(4,22)23/h5-12,20H,1-4H3,(H,19,21). The van der Waals surface area contributed by atoms with Crippen molar-refractivity contribution in [2.75, 3.05) is 16.3 Å². The fourth-order valence-corrected chi connectivity index (χ4v) is 2.77. The van der Waals surface area contributed by atoms with Crippen molar-refractivity contribution in [1.82, 2.24) is 0 Å². The molecule has 0 spiro atoms. The van der Waals surface area contributed by atoms with Crippen molar-refractivity contribution in [2.45, 2.75) is 26.2 Å². The van der Waals surface area contributed by atoms with Gasteiger partial charge < -0.3 is 5.32 Å². The molecule has 6 heteroatoms. The molecule has 0 radical (unpaired) electrons. The van der Waals surface area contributed by atoms with Gasteiger partial charge in [0.1, 0.15) is 0 Å². The molecule has 0 fully saturated rings. The van der Waals surface area contributed by atoms with Crippen molar-refractivity contribution in [3.63, 3.8) is 0 Å². The lowest BCUT2D eigenvalue weighted by Crippen LogP contribution is -2.16. The van der Waals surface area contributed by atoms with Gasteiger partial charge in [0.05, 0.1) is 17.6 Å². The van der Waals surface area contributed by atoms with Crippen molar-refractivity contribution in [2.24, 2.45) is 0 Å². The van der Waals surface area contributed by atoms with E-state index in [1.54, 1.807) is 36.4 Å². The van der Waals surface area contributed by atoms with Crippen molar-refractivity contribution in [1.29, 1.82) is 0 Å². The first-order valence-corrected chi connectivity index (χ1v) is 9.44. The number of anilines is 2. The van der Waals surface area contributed by atoms with E-state index in [0.717, 1.165) is 11.8 Å². The summed E-state index contributed by atoms with van der Waals surface area (Å²) in [6.45, 7) is 6.32. The van der Waals surface area contributed by atoms with E-state index in [4.69, 9.17) is 0 Å². The minimum atomic E-state index is -3.42. The average molecular weight is 346 g/mol. The van der Waals surface area contributed by atoms with E-state index in [9.17, 15) is 13.2 Å². The van der Waals surface area contributed by atoms with E-state index in [1.165, 1.54) is 0 Å². The van der Waals surface area contributed by atoms with Gasteiger partial charge in [0.25, 0.3) is 5.91 Å². The normalized spacial score (nSPS) is 11.8. The third-order valence-corrected chi connectivity index (χ3v) is 4.07. The molecule has 1 amide bonds. The number of para-hydroxylation sites is 2. The van der Waals surface area contributed by atoms with Gasteiger partial charge in [-0.15, -0.1) is 0 Å². The van der Waals surface area contributed by atoms with Crippen LogP contribution in [0.4, 0.5) is 11.4 Å². The minimum absolute atomic E-state index is 0.0149. The maximum atomic E-state index is 12.4. The summed E-state index contributed by atoms with van der Waals surface area (Å²) >= 11 is 0. The molecule has 0 aliphatic heterocycles. The zero-order valence-electron chi connectivity index (χ0n) is 14.3. The van der Waals surface area contributed by atoms with Crippen LogP contribution in [-0.4, -0.2) is 20.6 Å². The number of hydrogen-bond donors (Lipinski definition) is 2. The molecule has 0 saturated carbocycles. The number of rotatable bonds is 4. The molecule has 0 unspecified atom stereocenters. The number of carbonyl (C=O) groups is 1. The molecule has 2 aromatic rings. The first-order valence-electron chi connectivity index (χ1n) is 7.55. The zero-order valence-corrected chi connectivity index (χ0v) is 15.1. The highest BCUT2D eigenvalue weighted by Gasteiger charge is 2.15. The summed E-state index contributed by atoms with van der Waals surface area (Å²) in [7, 11) is -3.42. The van der Waals surface area contributed by atoms with E-state index in [0.29, 0.717) is 16.9 Å². The largest absolute Gasteiger partial charge is 0.320 e. The Kier molecular flexibility index (Phi) is 4.99. The average Bonchev–Trinajstić information content (AvgIpc) is 2.47. The first-order chi connectivity index (χ1) is 11.1. The zero-order chi connectivity index (χ0) is 18.0. The van der Waals surface area contributed by atoms with E-state index in [1.807, 2.05) is 12.1 Å². The summed E-state index contributed by atoms with van der Waals surface area (Å²) in [6, 6.07) is 14.1. The van der Waals surface area contributed by atoms with Gasteiger partial charge >= 0.3 is 0 Å². The fourth-order valence-electron chi connectivity index (χ4n) is 2.20. The quantitative estimate of drug-likeness (QED) is 0.888. The van der Waals surface area contributed by atoms with Crippen molar-refractivity contribution >= 4 is 27.3 Å². The summed E-state index contributed by atoms with van der Waals surface area (Å²) < 4.78 is 25.2. The van der Waals surface area contributed by atoms with Gasteiger partial charge in [0.2, 0.25) is 10.0 Å². The number of hydrogen-bond acceptors (Lipinski definition) is 3. The molecule has 0 bridgehead atoms. The summed E-state index contributed by atoms with van der Waals surface area (Å²) in [5, 5.41) is 2.74. The van der Waals surface area contributed by atoms with Crippen molar-refractivity contribution < 1.29 is 13.2 Å². The number of benzene rings is 2. The van der Waals surface area contributed by atoms with Crippen LogP contribution in [0.1, 0.15) is 36.7 Å². The molecule has 2 aromatic carbocycles. The summed E-state index contributed by atoms with van der Waals surface area (Å²) in [5.41, 5.74) is 2.41. The van der Waals surface area contributed by atoms with Gasteiger partial charge in [0, 0.05) is 5.56 Å². The van der Waals surface area contributed by atoms with Crippen LogP contribution in [0.15, 0.2) is 48.5 Å². The number of nitrogens with one attached hydrogen (secondary N) is 2. The maximum absolute atomic E-state index is 12.4. The van der Waals surface area contributed by atoms with Gasteiger partial charge in [-0.05, 0) is 35.2 Å². The fraction of sp³-hybridized carbons (Fsp3) is 0.278. The predicted octanol–water partition coefficient (Wildman–Crippen LogP) is 3.61. The SMILES string of the molecule is CC(C)(C)c1ccc(C(=O)Nc2ccccc2NS(C)(=O)=O)cc1. The second-order valence-corrected chi connectivity index (χ2v) is 8.45. The lowest BCUT2D eigenvalue weighted by Gasteiger charge is -2.19. The lowest BCUT2D eigenvalue weighted by molar-refractivity contribution is 0.102. The molecule has 0 atom stereocenters. The maximum Gasteiger partial charge on any atom is 0.255 e. The third kappa shape index (κ3) is 4.83. The molecule has 24 heavy (non-hydrogen) atoms. The Morgan fingerprint density at radius 1 is 0.917 bits per heavy atom. The van der Waals surface area contributed by atoms with Crippen LogP contribution in [-0.2, 0) is 15.4 Å². The highest BCUT2D eigenvalue weighted by Crippen LogP contribution is 2.24. The molecule has 0 aromatic heterocycles. The second kappa shape index (κ2) is 6.65. The van der Waals surface area contributed by atoms with Crippen molar-refractivity contribution in [3.8, 4) is 0 Å². The van der Waals surface area contributed by atoms with Crippen LogP contribution < -0.4 is 10.0 Å². The van der Waals surface area contributed by atoms with Crippen molar-refractivity contribution in [3.05, 3.63) is 59.7 Å². The number of amides is 1. The van der Waals surface area contributed by atoms with Crippen LogP contribution in [0, 0.1) is 0 Å². The molecule has 128 valence electrons. The molecule has 2 N–H and O–H groups in total. The van der Waals surface area contributed by atoms with Crippen LogP contribution in [0.2, 0.25) is 0 Å². The Morgan fingerprint density at radius 3 is 1.96 bits per heavy atom. The molecule has 0 heterocycles. The first kappa shape index (κ1) is 18.0. The predicted molar refractivity (Wildman–Crippen MR) is 98.0 cm³/mol. The van der Waals surface area contributed by atoms with Gasteiger partial charge in [-0.25, -0.2) is 8.42 Å². The van der Waals surface area contributed by atoms with E-state index >= 15 is 0 Å². The lowest BCUT2D eigenvalue weighted by atomic mass is 9.87. The van der Waals surface area contributed by atoms with Crippen LogP contribution in [0.25, 0.3) is 0 Å². The van der Waals surface area contributed by atoms with E-state index < -0.39 is 10.0 Å². The van der Waals surface area contributed by atoms with Crippen LogP contribution >= 0.6 is 0 Å². The van der Waals surface area contributed by atoms with Gasteiger partial charge in [-0.3, -0.25) is 9.52 Å². The van der Waals surface area contributed by atoms with Crippen LogP contribution in [0.3, 0.4) is 0 Å². The Morgan fingerprint density at radius 2 is 1.46 bits per heavy atom. The summed E-state index contributed by atoms with van der Waals surface area (Å²) in [4.78, 5) is 12.4. The molecule has 0 aliphatic rings. The number of carbonyl (C=O) groups excluding carboxylic acids is 1. The Balaban J connectivity index is 2.21. The number of sulfonamides is 1. The molecular formula is C18H22N2O3S. The minimum Gasteiger partial charge on any atom is -0.320 e. The highest BCUT2D eigenvalue weighted by atomic mass is 32.2. The third-order valence-electron chi connectivity index (χ3n) is 3.48. The highest BCUT2D eigenvalue weighted by molar-refractivity contribution is 7.92. The molecule has 0 aliphatic carbocycles. The topological polar surface area (TPSA) is 75.3 Å². The molecule has 5 nitrogen and oxygen atoms in total.